The predicted octanol–water partition coefficient (Wildman–Crippen LogP) is 3.69. The number of hydrogen-bond donors (Lipinski definition) is 1. The molecule has 4 aromatic rings. The number of hydrogen-bond acceptors (Lipinski definition) is 6. The van der Waals surface area contributed by atoms with Gasteiger partial charge in [0.05, 0.1) is 22.8 Å². The number of benzene rings is 1. The van der Waals surface area contributed by atoms with Crippen LogP contribution >= 0.6 is 11.3 Å². The quantitative estimate of drug-likeness (QED) is 0.576. The van der Waals surface area contributed by atoms with Crippen molar-refractivity contribution in [2.75, 3.05) is 11.9 Å². The van der Waals surface area contributed by atoms with Crippen LogP contribution in [0.3, 0.4) is 0 Å². The molecule has 28 heavy (non-hydrogen) atoms. The SMILES string of the molecule is CC1CCc2c(sc3ncnc(N(C)Cc4nc5ccccc5c(=O)[nH]4)c23)C1. The predicted molar refractivity (Wildman–Crippen MR) is 113 cm³/mol. The van der Waals surface area contributed by atoms with E-state index in [1.807, 2.05) is 25.2 Å². The summed E-state index contributed by atoms with van der Waals surface area (Å²) in [6.45, 7) is 2.79. The molecule has 3 heterocycles. The lowest BCUT2D eigenvalue weighted by atomic mass is 9.89. The Morgan fingerprint density at radius 2 is 2.14 bits per heavy atom. The molecule has 1 aromatic carbocycles. The molecule has 0 saturated carbocycles. The summed E-state index contributed by atoms with van der Waals surface area (Å²) in [5.41, 5.74) is 2.01. The van der Waals surface area contributed by atoms with Gasteiger partial charge in [0.1, 0.15) is 22.8 Å². The van der Waals surface area contributed by atoms with E-state index in [1.165, 1.54) is 22.2 Å². The molecule has 0 fully saturated rings. The summed E-state index contributed by atoms with van der Waals surface area (Å²) >= 11 is 1.79. The normalized spacial score (nSPS) is 16.4. The van der Waals surface area contributed by atoms with E-state index in [0.717, 1.165) is 29.4 Å². The lowest BCUT2D eigenvalue weighted by Crippen LogP contribution is -2.23. The molecule has 0 saturated heterocycles. The molecule has 0 spiro atoms. The van der Waals surface area contributed by atoms with Crippen molar-refractivity contribution in [2.24, 2.45) is 5.92 Å². The highest BCUT2D eigenvalue weighted by Crippen LogP contribution is 2.40. The number of para-hydroxylation sites is 1. The molecule has 142 valence electrons. The fourth-order valence-electron chi connectivity index (χ4n) is 4.06. The lowest BCUT2D eigenvalue weighted by molar-refractivity contribution is 0.509. The Hall–Kier alpha value is -2.80. The summed E-state index contributed by atoms with van der Waals surface area (Å²) in [6.07, 6.45) is 5.04. The molecule has 1 N–H and O–H groups in total. The number of nitrogens with one attached hydrogen (secondary N) is 1. The van der Waals surface area contributed by atoms with E-state index >= 15 is 0 Å². The Morgan fingerprint density at radius 1 is 1.29 bits per heavy atom. The molecule has 0 bridgehead atoms. The first-order valence-electron chi connectivity index (χ1n) is 9.54. The van der Waals surface area contributed by atoms with Crippen LogP contribution in [0.4, 0.5) is 5.82 Å². The first-order chi connectivity index (χ1) is 13.6. The van der Waals surface area contributed by atoms with Gasteiger partial charge in [0.25, 0.3) is 5.56 Å². The maximum atomic E-state index is 12.4. The number of H-pyrrole nitrogens is 1. The molecule has 1 unspecified atom stereocenters. The number of aromatic nitrogens is 4. The van der Waals surface area contributed by atoms with Crippen molar-refractivity contribution in [3.05, 3.63) is 57.2 Å². The number of aromatic amines is 1. The third kappa shape index (κ3) is 2.86. The second-order valence-corrected chi connectivity index (χ2v) is 8.70. The maximum Gasteiger partial charge on any atom is 0.258 e. The van der Waals surface area contributed by atoms with Crippen LogP contribution in [0.2, 0.25) is 0 Å². The molecule has 0 amide bonds. The Kier molecular flexibility index (Phi) is 4.12. The summed E-state index contributed by atoms with van der Waals surface area (Å²) in [4.78, 5) is 33.6. The van der Waals surface area contributed by atoms with E-state index in [0.29, 0.717) is 23.3 Å². The highest BCUT2D eigenvalue weighted by atomic mass is 32.1. The van der Waals surface area contributed by atoms with Gasteiger partial charge in [0.2, 0.25) is 0 Å². The minimum absolute atomic E-state index is 0.108. The molecule has 1 aliphatic carbocycles. The van der Waals surface area contributed by atoms with E-state index in [4.69, 9.17) is 0 Å². The van der Waals surface area contributed by atoms with Crippen molar-refractivity contribution >= 4 is 38.3 Å². The standard InChI is InChI=1S/C21H21N5OS/c1-12-7-8-14-16(9-12)28-21-18(14)19(22-11-23-21)26(2)10-17-24-15-6-4-3-5-13(15)20(27)25-17/h3-6,11-12H,7-10H2,1-2H3,(H,24,25,27). The zero-order chi connectivity index (χ0) is 19.3. The largest absolute Gasteiger partial charge is 0.352 e. The van der Waals surface area contributed by atoms with Gasteiger partial charge in [-0.1, -0.05) is 19.1 Å². The van der Waals surface area contributed by atoms with E-state index in [1.54, 1.807) is 23.7 Å². The minimum Gasteiger partial charge on any atom is -0.352 e. The topological polar surface area (TPSA) is 74.8 Å². The number of fused-ring (bicyclic) bond motifs is 4. The molecule has 1 atom stereocenters. The number of thiophene rings is 1. The van der Waals surface area contributed by atoms with Crippen molar-refractivity contribution in [1.82, 2.24) is 19.9 Å². The van der Waals surface area contributed by atoms with Crippen LogP contribution in [-0.4, -0.2) is 27.0 Å². The molecular weight excluding hydrogens is 370 g/mol. The van der Waals surface area contributed by atoms with Gasteiger partial charge in [-0.25, -0.2) is 15.0 Å². The summed E-state index contributed by atoms with van der Waals surface area (Å²) in [5, 5.41) is 1.78. The highest BCUT2D eigenvalue weighted by molar-refractivity contribution is 7.19. The van der Waals surface area contributed by atoms with Crippen molar-refractivity contribution < 1.29 is 0 Å². The van der Waals surface area contributed by atoms with Crippen LogP contribution in [0.15, 0.2) is 35.4 Å². The molecule has 5 rings (SSSR count). The Morgan fingerprint density at radius 3 is 3.04 bits per heavy atom. The third-order valence-electron chi connectivity index (χ3n) is 5.48. The van der Waals surface area contributed by atoms with Gasteiger partial charge in [-0.2, -0.15) is 0 Å². The van der Waals surface area contributed by atoms with Gasteiger partial charge in [-0.05, 0) is 42.9 Å². The van der Waals surface area contributed by atoms with Crippen LogP contribution in [0.5, 0.6) is 0 Å². The molecule has 3 aromatic heterocycles. The minimum atomic E-state index is -0.108. The van der Waals surface area contributed by atoms with Gasteiger partial charge < -0.3 is 9.88 Å². The van der Waals surface area contributed by atoms with E-state index in [2.05, 4.69) is 31.8 Å². The molecule has 1 aliphatic rings. The van der Waals surface area contributed by atoms with E-state index < -0.39 is 0 Å². The fraction of sp³-hybridized carbons (Fsp3) is 0.333. The second kappa shape index (κ2) is 6.67. The molecule has 0 aliphatic heterocycles. The summed E-state index contributed by atoms with van der Waals surface area (Å²) in [7, 11) is 1.99. The lowest BCUT2D eigenvalue weighted by Gasteiger charge is -2.21. The Balaban J connectivity index is 1.55. The van der Waals surface area contributed by atoms with Crippen LogP contribution in [-0.2, 0) is 19.4 Å². The van der Waals surface area contributed by atoms with Gasteiger partial charge in [0.15, 0.2) is 0 Å². The third-order valence-corrected chi connectivity index (χ3v) is 6.64. The first kappa shape index (κ1) is 17.3. The van der Waals surface area contributed by atoms with E-state index in [-0.39, 0.29) is 5.56 Å². The maximum absolute atomic E-state index is 12.4. The number of anilines is 1. The van der Waals surface area contributed by atoms with Crippen molar-refractivity contribution in [3.63, 3.8) is 0 Å². The number of aryl methyl sites for hydroxylation is 1. The first-order valence-corrected chi connectivity index (χ1v) is 10.4. The number of nitrogens with zero attached hydrogens (tertiary/aromatic N) is 4. The Labute approximate surface area is 166 Å². The van der Waals surface area contributed by atoms with Gasteiger partial charge in [-0.3, -0.25) is 4.79 Å². The summed E-state index contributed by atoms with van der Waals surface area (Å²) in [5.74, 6) is 2.27. The van der Waals surface area contributed by atoms with Crippen LogP contribution < -0.4 is 10.5 Å². The highest BCUT2D eigenvalue weighted by Gasteiger charge is 2.24. The molecule has 7 heteroatoms. The number of rotatable bonds is 3. The molecule has 6 nitrogen and oxygen atoms in total. The van der Waals surface area contributed by atoms with Crippen molar-refractivity contribution in [1.29, 1.82) is 0 Å². The van der Waals surface area contributed by atoms with Gasteiger partial charge >= 0.3 is 0 Å². The van der Waals surface area contributed by atoms with Crippen LogP contribution in [0, 0.1) is 5.92 Å². The summed E-state index contributed by atoms with van der Waals surface area (Å²) < 4.78 is 0. The van der Waals surface area contributed by atoms with Gasteiger partial charge in [0, 0.05) is 11.9 Å². The zero-order valence-electron chi connectivity index (χ0n) is 15.9. The van der Waals surface area contributed by atoms with Gasteiger partial charge in [-0.15, -0.1) is 11.3 Å². The van der Waals surface area contributed by atoms with Crippen LogP contribution in [0.25, 0.3) is 21.1 Å². The molecular formula is C21H21N5OS. The summed E-state index contributed by atoms with van der Waals surface area (Å²) in [6, 6.07) is 7.41. The van der Waals surface area contributed by atoms with Crippen molar-refractivity contribution in [3.8, 4) is 0 Å². The fourth-order valence-corrected chi connectivity index (χ4v) is 5.40. The average Bonchev–Trinajstić information content (AvgIpc) is 3.05. The van der Waals surface area contributed by atoms with Crippen molar-refractivity contribution in [2.45, 2.75) is 32.7 Å². The Bertz CT molecular complexity index is 1240. The van der Waals surface area contributed by atoms with E-state index in [9.17, 15) is 4.79 Å². The smallest absolute Gasteiger partial charge is 0.258 e. The molecule has 0 radical (unpaired) electrons. The monoisotopic (exact) mass is 391 g/mol. The van der Waals surface area contributed by atoms with Crippen LogP contribution in [0.1, 0.15) is 29.6 Å². The zero-order valence-corrected chi connectivity index (χ0v) is 16.7. The second-order valence-electron chi connectivity index (χ2n) is 7.62. The average molecular weight is 392 g/mol.